The molecule has 0 aliphatic rings. The Morgan fingerprint density at radius 1 is 0.690 bits per heavy atom. The summed E-state index contributed by atoms with van der Waals surface area (Å²) >= 11 is 0. The number of hydrogen-bond acceptors (Lipinski definition) is 7. The summed E-state index contributed by atoms with van der Waals surface area (Å²) in [4.78, 5) is 23.3. The summed E-state index contributed by atoms with van der Waals surface area (Å²) in [5, 5.41) is 0. The highest BCUT2D eigenvalue weighted by molar-refractivity contribution is 5.89. The number of rotatable bonds is 11. The first-order valence-electron chi connectivity index (χ1n) is 9.15. The normalized spacial score (nSPS) is 10.8. The molecule has 0 saturated carbocycles. The smallest absolute Gasteiger partial charge is 0.337 e. The molecular formula is C22H26O7. The molecule has 2 rings (SSSR count). The van der Waals surface area contributed by atoms with Gasteiger partial charge in [0, 0.05) is 7.11 Å². The number of methoxy groups -OCH3 is 3. The minimum absolute atomic E-state index is 0.367. The second-order valence-electron chi connectivity index (χ2n) is 6.08. The van der Waals surface area contributed by atoms with Crippen LogP contribution in [0.3, 0.4) is 0 Å². The van der Waals surface area contributed by atoms with E-state index < -0.39 is 11.9 Å². The van der Waals surface area contributed by atoms with Crippen molar-refractivity contribution in [1.82, 2.24) is 0 Å². The molecule has 7 heteroatoms. The highest BCUT2D eigenvalue weighted by Crippen LogP contribution is 2.27. The number of ether oxygens (including phenoxy) is 5. The Morgan fingerprint density at radius 2 is 1.14 bits per heavy atom. The van der Waals surface area contributed by atoms with Crippen molar-refractivity contribution in [2.24, 2.45) is 0 Å². The largest absolute Gasteiger partial charge is 0.465 e. The summed E-state index contributed by atoms with van der Waals surface area (Å²) in [5.41, 5.74) is 2.64. The highest BCUT2D eigenvalue weighted by atomic mass is 16.5. The van der Waals surface area contributed by atoms with Gasteiger partial charge in [-0.3, -0.25) is 0 Å². The molecule has 0 N–H and O–H groups in total. The predicted molar refractivity (Wildman–Crippen MR) is 106 cm³/mol. The van der Waals surface area contributed by atoms with Crippen molar-refractivity contribution < 1.29 is 33.3 Å². The summed E-state index contributed by atoms with van der Waals surface area (Å²) in [6.07, 6.45) is -0.389. The van der Waals surface area contributed by atoms with Crippen molar-refractivity contribution in [2.75, 3.05) is 47.8 Å². The summed E-state index contributed by atoms with van der Waals surface area (Å²) in [6, 6.07) is 14.0. The molecule has 0 unspecified atom stereocenters. The molecule has 0 aromatic heterocycles. The first-order chi connectivity index (χ1) is 14.1. The van der Waals surface area contributed by atoms with Crippen molar-refractivity contribution >= 4 is 11.9 Å². The van der Waals surface area contributed by atoms with E-state index in [4.69, 9.17) is 23.7 Å². The van der Waals surface area contributed by atoms with E-state index in [1.165, 1.54) is 14.2 Å². The van der Waals surface area contributed by atoms with E-state index in [0.29, 0.717) is 37.6 Å². The number of esters is 2. The second kappa shape index (κ2) is 12.0. The van der Waals surface area contributed by atoms with Gasteiger partial charge in [0.2, 0.25) is 0 Å². The van der Waals surface area contributed by atoms with Crippen molar-refractivity contribution in [3.63, 3.8) is 0 Å². The molecule has 0 aliphatic carbocycles. The lowest BCUT2D eigenvalue weighted by atomic mass is 9.99. The zero-order valence-electron chi connectivity index (χ0n) is 16.9. The van der Waals surface area contributed by atoms with E-state index in [1.54, 1.807) is 31.4 Å². The van der Waals surface area contributed by atoms with Crippen LogP contribution < -0.4 is 0 Å². The van der Waals surface area contributed by atoms with Gasteiger partial charge in [-0.2, -0.15) is 0 Å². The van der Waals surface area contributed by atoms with Crippen LogP contribution in [-0.4, -0.2) is 59.7 Å². The van der Waals surface area contributed by atoms with Gasteiger partial charge in [0.15, 0.2) is 0 Å². The fourth-order valence-corrected chi connectivity index (χ4v) is 2.68. The van der Waals surface area contributed by atoms with Crippen LogP contribution in [0.25, 0.3) is 0 Å². The Morgan fingerprint density at radius 3 is 1.55 bits per heavy atom. The van der Waals surface area contributed by atoms with Crippen LogP contribution in [0.1, 0.15) is 37.9 Å². The molecule has 7 nitrogen and oxygen atoms in total. The van der Waals surface area contributed by atoms with E-state index in [9.17, 15) is 9.59 Å². The summed E-state index contributed by atoms with van der Waals surface area (Å²) in [6.45, 7) is 1.80. The number of hydrogen-bond donors (Lipinski definition) is 0. The van der Waals surface area contributed by atoms with Gasteiger partial charge in [-0.1, -0.05) is 24.3 Å². The molecule has 156 valence electrons. The van der Waals surface area contributed by atoms with Gasteiger partial charge in [-0.05, 0) is 35.4 Å². The lowest BCUT2D eigenvalue weighted by Gasteiger charge is -2.19. The summed E-state index contributed by atoms with van der Waals surface area (Å²) in [7, 11) is 4.30. The Balaban J connectivity index is 2.16. The summed E-state index contributed by atoms with van der Waals surface area (Å²) < 4.78 is 25.9. The molecule has 2 aromatic carbocycles. The fraction of sp³-hybridized carbons (Fsp3) is 0.364. The molecule has 0 spiro atoms. The topological polar surface area (TPSA) is 80.3 Å². The van der Waals surface area contributed by atoms with E-state index in [0.717, 1.165) is 11.1 Å². The van der Waals surface area contributed by atoms with Crippen LogP contribution in [0.15, 0.2) is 48.5 Å². The molecular weight excluding hydrogens is 376 g/mol. The minimum atomic E-state index is -0.400. The van der Waals surface area contributed by atoms with Gasteiger partial charge in [0.05, 0.1) is 51.8 Å². The summed E-state index contributed by atoms with van der Waals surface area (Å²) in [5.74, 6) is -0.800. The zero-order valence-corrected chi connectivity index (χ0v) is 16.9. The molecule has 2 aromatic rings. The van der Waals surface area contributed by atoms with Crippen LogP contribution >= 0.6 is 0 Å². The quantitative estimate of drug-likeness (QED) is 0.422. The molecule has 0 aliphatic heterocycles. The van der Waals surface area contributed by atoms with Crippen molar-refractivity contribution in [1.29, 1.82) is 0 Å². The van der Waals surface area contributed by atoms with Crippen LogP contribution in [-0.2, 0) is 23.7 Å². The monoisotopic (exact) mass is 402 g/mol. The zero-order chi connectivity index (χ0) is 21.1. The maximum Gasteiger partial charge on any atom is 0.337 e. The van der Waals surface area contributed by atoms with Crippen LogP contribution in [0.4, 0.5) is 0 Å². The van der Waals surface area contributed by atoms with E-state index in [1.807, 2.05) is 24.3 Å². The van der Waals surface area contributed by atoms with Crippen molar-refractivity contribution in [2.45, 2.75) is 6.10 Å². The standard InChI is InChI=1S/C22H26O7/c1-25-12-13-28-14-15-29-20(16-4-8-18(9-5-16)21(23)26-2)17-6-10-19(11-7-17)22(24)27-3/h4-11,20H,12-15H2,1-3H3. The number of carbonyl (C=O) groups is 2. The molecule has 0 radical (unpaired) electrons. The Kier molecular flexibility index (Phi) is 9.30. The van der Waals surface area contributed by atoms with Gasteiger partial charge in [-0.25, -0.2) is 9.59 Å². The lowest BCUT2D eigenvalue weighted by molar-refractivity contribution is 0.00521. The lowest BCUT2D eigenvalue weighted by Crippen LogP contribution is -2.13. The molecule has 0 heterocycles. The maximum absolute atomic E-state index is 11.7. The van der Waals surface area contributed by atoms with Crippen molar-refractivity contribution in [3.05, 3.63) is 70.8 Å². The van der Waals surface area contributed by atoms with E-state index in [2.05, 4.69) is 0 Å². The molecule has 0 atom stereocenters. The third-order valence-corrected chi connectivity index (χ3v) is 4.21. The molecule has 29 heavy (non-hydrogen) atoms. The number of benzene rings is 2. The van der Waals surface area contributed by atoms with Gasteiger partial charge in [0.1, 0.15) is 6.10 Å². The molecule has 0 saturated heterocycles. The van der Waals surface area contributed by atoms with E-state index in [-0.39, 0.29) is 6.10 Å². The van der Waals surface area contributed by atoms with Gasteiger partial charge < -0.3 is 23.7 Å². The Hall–Kier alpha value is -2.74. The van der Waals surface area contributed by atoms with E-state index >= 15 is 0 Å². The number of carbonyl (C=O) groups excluding carboxylic acids is 2. The Labute approximate surface area is 170 Å². The molecule has 0 fully saturated rings. The predicted octanol–water partition coefficient (Wildman–Crippen LogP) is 3.03. The maximum atomic E-state index is 11.7. The first-order valence-corrected chi connectivity index (χ1v) is 9.15. The van der Waals surface area contributed by atoms with Crippen LogP contribution in [0, 0.1) is 0 Å². The average molecular weight is 402 g/mol. The van der Waals surface area contributed by atoms with Crippen LogP contribution in [0.5, 0.6) is 0 Å². The third-order valence-electron chi connectivity index (χ3n) is 4.21. The first kappa shape index (κ1) is 22.5. The second-order valence-corrected chi connectivity index (χ2v) is 6.08. The SMILES string of the molecule is COCCOCCOC(c1ccc(C(=O)OC)cc1)c1ccc(C(=O)OC)cc1. The Bertz CT molecular complexity index is 709. The molecule has 0 bridgehead atoms. The van der Waals surface area contributed by atoms with Gasteiger partial charge in [0.25, 0.3) is 0 Å². The van der Waals surface area contributed by atoms with Crippen molar-refractivity contribution in [3.8, 4) is 0 Å². The fourth-order valence-electron chi connectivity index (χ4n) is 2.68. The van der Waals surface area contributed by atoms with Gasteiger partial charge >= 0.3 is 11.9 Å². The minimum Gasteiger partial charge on any atom is -0.465 e. The van der Waals surface area contributed by atoms with Crippen LogP contribution in [0.2, 0.25) is 0 Å². The highest BCUT2D eigenvalue weighted by Gasteiger charge is 2.17. The third kappa shape index (κ3) is 6.67. The molecule has 0 amide bonds. The van der Waals surface area contributed by atoms with Gasteiger partial charge in [-0.15, -0.1) is 0 Å². The average Bonchev–Trinajstić information content (AvgIpc) is 2.78.